The molecule has 0 atom stereocenters. The Balaban J connectivity index is 0.000000136. The average molecular weight is 995 g/mol. The number of hydrogen-bond donors (Lipinski definition) is 0. The van der Waals surface area contributed by atoms with E-state index in [2.05, 4.69) is 283 Å². The van der Waals surface area contributed by atoms with Gasteiger partial charge in [-0.1, -0.05) is 260 Å². The number of benzene rings is 10. The molecule has 1 aliphatic carbocycles. The Bertz CT molecular complexity index is 3640. The summed E-state index contributed by atoms with van der Waals surface area (Å²) in [4.78, 5) is 0. The summed E-state index contributed by atoms with van der Waals surface area (Å²) in [5, 5.41) is 5.49. The summed E-state index contributed by atoms with van der Waals surface area (Å²) in [6.45, 7) is 26.8. The molecule has 0 saturated heterocycles. The first-order chi connectivity index (χ1) is 36.0. The van der Waals surface area contributed by atoms with E-state index in [1.165, 1.54) is 120 Å². The van der Waals surface area contributed by atoms with Gasteiger partial charge in [-0.3, -0.25) is 0 Å². The lowest BCUT2D eigenvalue weighted by molar-refractivity contribution is 0.589. The fraction of sp³-hybridized carbons (Fsp3) is 0.216. The Labute approximate surface area is 452 Å². The van der Waals surface area contributed by atoms with E-state index >= 15 is 0 Å². The van der Waals surface area contributed by atoms with Crippen molar-refractivity contribution in [1.82, 2.24) is 0 Å². The molecule has 1 aromatic heterocycles. The van der Waals surface area contributed by atoms with Crippen LogP contribution < -0.4 is 0 Å². The number of thiophene rings is 1. The summed E-state index contributed by atoms with van der Waals surface area (Å²) in [7, 11) is 0. The van der Waals surface area contributed by atoms with Crippen molar-refractivity contribution in [2.24, 2.45) is 0 Å². The molecule has 0 unspecified atom stereocenters. The van der Waals surface area contributed by atoms with E-state index in [0.717, 1.165) is 6.42 Å². The van der Waals surface area contributed by atoms with Gasteiger partial charge in [-0.05, 0) is 159 Å². The van der Waals surface area contributed by atoms with Crippen molar-refractivity contribution < 1.29 is 0 Å². The zero-order chi connectivity index (χ0) is 53.1. The highest BCUT2D eigenvalue weighted by molar-refractivity contribution is 7.25. The molecule has 1 aliphatic rings. The van der Waals surface area contributed by atoms with Crippen LogP contribution in [0.1, 0.15) is 115 Å². The molecule has 0 N–H and O–H groups in total. The molecule has 0 radical (unpaired) electrons. The van der Waals surface area contributed by atoms with Gasteiger partial charge in [0.2, 0.25) is 0 Å². The first kappa shape index (κ1) is 52.5. The van der Waals surface area contributed by atoms with E-state index in [1.807, 2.05) is 29.5 Å². The first-order valence-corrected chi connectivity index (χ1v) is 27.7. The molecule has 0 nitrogen and oxygen atoms in total. The molecule has 1 heteroatoms. The second-order valence-corrected chi connectivity index (χ2v) is 23.8. The van der Waals surface area contributed by atoms with Crippen LogP contribution >= 0.6 is 11.3 Å². The van der Waals surface area contributed by atoms with Gasteiger partial charge in [0.15, 0.2) is 0 Å². The van der Waals surface area contributed by atoms with Gasteiger partial charge in [-0.15, -0.1) is 11.3 Å². The van der Waals surface area contributed by atoms with Crippen molar-refractivity contribution in [1.29, 1.82) is 0 Å². The first-order valence-electron chi connectivity index (χ1n) is 26.9. The molecular weight excluding hydrogens is 921 g/mol. The normalized spacial score (nSPS) is 12.4. The number of fused-ring (bicyclic) bond motifs is 8. The summed E-state index contributed by atoms with van der Waals surface area (Å²) in [5.74, 6) is 0. The van der Waals surface area contributed by atoms with E-state index in [4.69, 9.17) is 0 Å². The standard InChI is InChI=1S/C31H24.C22H30.C14H12S.C7H8/c1-21-17-18-27-28(19-21)31(23-11-5-3-6-12-23,24-13-7-4-8-14-24)29-20-22(2)25-15-9-10-16-26(25)30(27)29;1-15-9-11-17(21(3,4)5)13-19(15)20-14-18(22(6,7)8)12-10-16(20)2;1-2-10-7-8-14-12(9-10)11-5-3-4-6-13(11)15-14;1-7-5-3-2-4-6-7/h3-20H,1-2H3;9-14H,1-8H3;3-9H,2H2,1H3;2-6H,1H3. The Kier molecular flexibility index (Phi) is 15.3. The summed E-state index contributed by atoms with van der Waals surface area (Å²) >= 11 is 1.88. The van der Waals surface area contributed by atoms with Crippen LogP contribution in [0.3, 0.4) is 0 Å². The van der Waals surface area contributed by atoms with E-state index in [9.17, 15) is 0 Å². The lowest BCUT2D eigenvalue weighted by Crippen LogP contribution is -2.28. The molecule has 10 aromatic carbocycles. The van der Waals surface area contributed by atoms with Crippen molar-refractivity contribution in [2.75, 3.05) is 0 Å². The largest absolute Gasteiger partial charge is 0.135 e. The molecule has 75 heavy (non-hydrogen) atoms. The quantitative estimate of drug-likeness (QED) is 0.165. The Morgan fingerprint density at radius 2 is 0.853 bits per heavy atom. The smallest absolute Gasteiger partial charge is 0.0713 e. The van der Waals surface area contributed by atoms with Gasteiger partial charge < -0.3 is 0 Å². The van der Waals surface area contributed by atoms with Gasteiger partial charge in [0.1, 0.15) is 0 Å². The molecular formula is C74H74S. The summed E-state index contributed by atoms with van der Waals surface area (Å²) in [6, 6.07) is 79.9. The van der Waals surface area contributed by atoms with E-state index in [0.29, 0.717) is 0 Å². The third-order valence-corrected chi connectivity index (χ3v) is 16.4. The predicted molar refractivity (Wildman–Crippen MR) is 329 cm³/mol. The SMILES string of the molecule is CCc1ccc2sc3ccccc3c2c1.Cc1ccc(C(C)(C)C)cc1-c1cc(C(C)(C)C)ccc1C.Cc1ccc2c(c1)C(c1ccccc1)(c1ccccc1)c1cc(C)c3ccccc3c1-2.Cc1ccccc1. The summed E-state index contributed by atoms with van der Waals surface area (Å²) in [5.41, 5.74) is 21.8. The fourth-order valence-corrected chi connectivity index (χ4v) is 12.0. The molecule has 1 heterocycles. The molecule has 0 spiro atoms. The van der Waals surface area contributed by atoms with Crippen molar-refractivity contribution in [2.45, 2.75) is 106 Å². The minimum atomic E-state index is -0.325. The summed E-state index contributed by atoms with van der Waals surface area (Å²) in [6.07, 6.45) is 1.11. The maximum atomic E-state index is 2.44. The Morgan fingerprint density at radius 3 is 1.37 bits per heavy atom. The number of aryl methyl sites for hydroxylation is 6. The van der Waals surface area contributed by atoms with Crippen LogP contribution in [0, 0.1) is 34.6 Å². The topological polar surface area (TPSA) is 0 Å². The molecule has 0 saturated carbocycles. The average Bonchev–Trinajstić information content (AvgIpc) is 3.98. The van der Waals surface area contributed by atoms with Crippen LogP contribution in [0.2, 0.25) is 0 Å². The highest BCUT2D eigenvalue weighted by atomic mass is 32.1. The fourth-order valence-electron chi connectivity index (χ4n) is 10.9. The maximum Gasteiger partial charge on any atom is 0.0713 e. The van der Waals surface area contributed by atoms with Gasteiger partial charge in [-0.25, -0.2) is 0 Å². The minimum absolute atomic E-state index is 0.179. The van der Waals surface area contributed by atoms with E-state index < -0.39 is 0 Å². The van der Waals surface area contributed by atoms with Crippen molar-refractivity contribution >= 4 is 42.3 Å². The van der Waals surface area contributed by atoms with Crippen LogP contribution in [0.5, 0.6) is 0 Å². The van der Waals surface area contributed by atoms with Gasteiger partial charge in [0, 0.05) is 20.2 Å². The molecule has 0 fully saturated rings. The molecule has 376 valence electrons. The molecule has 0 amide bonds. The zero-order valence-corrected chi connectivity index (χ0v) is 47.2. The Hall–Kier alpha value is -7.32. The van der Waals surface area contributed by atoms with Crippen molar-refractivity contribution in [3.05, 3.63) is 285 Å². The third-order valence-electron chi connectivity index (χ3n) is 15.2. The lowest BCUT2D eigenvalue weighted by Gasteiger charge is -2.34. The second kappa shape index (κ2) is 21.9. The molecule has 0 bridgehead atoms. The van der Waals surface area contributed by atoms with Crippen molar-refractivity contribution in [3.63, 3.8) is 0 Å². The van der Waals surface area contributed by atoms with E-state index in [1.54, 1.807) is 0 Å². The Morgan fingerprint density at radius 1 is 0.360 bits per heavy atom. The zero-order valence-electron chi connectivity index (χ0n) is 46.4. The number of rotatable bonds is 4. The van der Waals surface area contributed by atoms with Crippen LogP contribution in [0.4, 0.5) is 0 Å². The van der Waals surface area contributed by atoms with Gasteiger partial charge in [-0.2, -0.15) is 0 Å². The highest BCUT2D eigenvalue weighted by Crippen LogP contribution is 2.58. The van der Waals surface area contributed by atoms with Gasteiger partial charge in [0.05, 0.1) is 5.41 Å². The second-order valence-electron chi connectivity index (χ2n) is 22.7. The van der Waals surface area contributed by atoms with Crippen molar-refractivity contribution in [3.8, 4) is 22.3 Å². The predicted octanol–water partition coefficient (Wildman–Crippen LogP) is 21.0. The van der Waals surface area contributed by atoms with Gasteiger partial charge in [0.25, 0.3) is 0 Å². The molecule has 12 rings (SSSR count). The van der Waals surface area contributed by atoms with Crippen LogP contribution in [-0.4, -0.2) is 0 Å². The molecule has 0 aliphatic heterocycles. The lowest BCUT2D eigenvalue weighted by atomic mass is 9.67. The molecule has 11 aromatic rings. The summed E-state index contributed by atoms with van der Waals surface area (Å²) < 4.78 is 2.79. The van der Waals surface area contributed by atoms with Crippen LogP contribution in [0.15, 0.2) is 218 Å². The maximum absolute atomic E-state index is 2.44. The van der Waals surface area contributed by atoms with Crippen LogP contribution in [-0.2, 0) is 22.7 Å². The minimum Gasteiger partial charge on any atom is -0.135 e. The highest BCUT2D eigenvalue weighted by Gasteiger charge is 2.47. The number of hydrogen-bond acceptors (Lipinski definition) is 1. The van der Waals surface area contributed by atoms with Gasteiger partial charge >= 0.3 is 0 Å². The van der Waals surface area contributed by atoms with Crippen LogP contribution in [0.25, 0.3) is 53.2 Å². The monoisotopic (exact) mass is 995 g/mol. The third kappa shape index (κ3) is 10.8. The van der Waals surface area contributed by atoms with E-state index in [-0.39, 0.29) is 16.2 Å².